The smallest absolute Gasteiger partial charge is 0.310 e. The van der Waals surface area contributed by atoms with Gasteiger partial charge in [-0.15, -0.1) is 0 Å². The minimum atomic E-state index is -0.415. The molecule has 5 heteroatoms. The quantitative estimate of drug-likeness (QED) is 0.641. The molecule has 0 saturated heterocycles. The fourth-order valence-corrected chi connectivity index (χ4v) is 2.43. The fraction of sp³-hybridized carbons (Fsp3) is 0.222. The molecule has 0 amide bonds. The number of ketones is 1. The van der Waals surface area contributed by atoms with Crippen LogP contribution in [0.25, 0.3) is 0 Å². The van der Waals surface area contributed by atoms with Gasteiger partial charge in [0.05, 0.1) is 13.5 Å². The summed E-state index contributed by atoms with van der Waals surface area (Å²) in [6, 6.07) is 10.6. The summed E-state index contributed by atoms with van der Waals surface area (Å²) in [5.74, 6) is 0.461. The van der Waals surface area contributed by atoms with Crippen molar-refractivity contribution in [3.63, 3.8) is 0 Å². The zero-order chi connectivity index (χ0) is 16.4. The van der Waals surface area contributed by atoms with Crippen molar-refractivity contribution in [3.8, 4) is 11.5 Å². The predicted molar refractivity (Wildman–Crippen MR) is 82.9 cm³/mol. The molecule has 0 unspecified atom stereocenters. The molecule has 1 aliphatic heterocycles. The average Bonchev–Trinajstić information content (AvgIpc) is 3.01. The van der Waals surface area contributed by atoms with E-state index in [9.17, 15) is 9.59 Å². The Bertz CT molecular complexity index is 762. The molecule has 23 heavy (non-hydrogen) atoms. The van der Waals surface area contributed by atoms with E-state index in [2.05, 4.69) is 0 Å². The van der Waals surface area contributed by atoms with Crippen molar-refractivity contribution in [2.24, 2.45) is 0 Å². The zero-order valence-electron chi connectivity index (χ0n) is 12.9. The lowest BCUT2D eigenvalue weighted by molar-refractivity contribution is -0.139. The Morgan fingerprint density at radius 1 is 1.09 bits per heavy atom. The number of esters is 1. The summed E-state index contributed by atoms with van der Waals surface area (Å²) < 4.78 is 15.4. The number of rotatable bonds is 4. The topological polar surface area (TPSA) is 61.8 Å². The lowest BCUT2D eigenvalue weighted by Gasteiger charge is -2.10. The summed E-state index contributed by atoms with van der Waals surface area (Å²) in [6.07, 6.45) is 0.0000741. The Morgan fingerprint density at radius 3 is 2.39 bits per heavy atom. The van der Waals surface area contributed by atoms with Crippen LogP contribution in [0.5, 0.6) is 11.5 Å². The maximum Gasteiger partial charge on any atom is 0.310 e. The number of methoxy groups -OCH3 is 1. The van der Waals surface area contributed by atoms with Crippen molar-refractivity contribution in [1.29, 1.82) is 0 Å². The van der Waals surface area contributed by atoms with E-state index in [-0.39, 0.29) is 19.0 Å². The van der Waals surface area contributed by atoms with Crippen LogP contribution in [0, 0.1) is 6.92 Å². The van der Waals surface area contributed by atoms with Crippen molar-refractivity contribution in [2.45, 2.75) is 13.3 Å². The highest BCUT2D eigenvalue weighted by molar-refractivity contribution is 6.10. The Balaban J connectivity index is 2.03. The van der Waals surface area contributed by atoms with Gasteiger partial charge in [0.15, 0.2) is 17.3 Å². The van der Waals surface area contributed by atoms with E-state index in [1.54, 1.807) is 24.3 Å². The van der Waals surface area contributed by atoms with Gasteiger partial charge in [-0.05, 0) is 24.6 Å². The van der Waals surface area contributed by atoms with E-state index in [0.717, 1.165) is 5.56 Å². The van der Waals surface area contributed by atoms with Crippen molar-refractivity contribution < 1.29 is 23.8 Å². The molecular formula is C18H16O5. The van der Waals surface area contributed by atoms with E-state index in [4.69, 9.17) is 14.2 Å². The van der Waals surface area contributed by atoms with Gasteiger partial charge in [-0.3, -0.25) is 9.59 Å². The van der Waals surface area contributed by atoms with E-state index in [1.165, 1.54) is 7.11 Å². The Hall–Kier alpha value is -2.82. The molecule has 1 heterocycles. The van der Waals surface area contributed by atoms with Crippen LogP contribution in [0.15, 0.2) is 36.4 Å². The van der Waals surface area contributed by atoms with E-state index in [1.807, 2.05) is 19.1 Å². The molecule has 2 aromatic rings. The molecule has 0 atom stereocenters. The number of carbonyl (C=O) groups excluding carboxylic acids is 2. The first kappa shape index (κ1) is 15.1. The summed E-state index contributed by atoms with van der Waals surface area (Å²) in [4.78, 5) is 24.4. The summed E-state index contributed by atoms with van der Waals surface area (Å²) in [6.45, 7) is 2.06. The van der Waals surface area contributed by atoms with Crippen LogP contribution < -0.4 is 9.47 Å². The molecule has 5 nitrogen and oxygen atoms in total. The van der Waals surface area contributed by atoms with Gasteiger partial charge in [-0.2, -0.15) is 0 Å². The largest absolute Gasteiger partial charge is 0.469 e. The Labute approximate surface area is 133 Å². The lowest BCUT2D eigenvalue weighted by Crippen LogP contribution is -2.11. The molecule has 0 aromatic heterocycles. The van der Waals surface area contributed by atoms with E-state index in [0.29, 0.717) is 28.2 Å². The first-order chi connectivity index (χ1) is 11.1. The first-order valence-electron chi connectivity index (χ1n) is 7.19. The first-order valence-corrected chi connectivity index (χ1v) is 7.19. The molecule has 0 spiro atoms. The third-order valence-electron chi connectivity index (χ3n) is 3.72. The van der Waals surface area contributed by atoms with E-state index >= 15 is 0 Å². The number of aryl methyl sites for hydroxylation is 1. The van der Waals surface area contributed by atoms with Crippen LogP contribution in [0.4, 0.5) is 0 Å². The maximum atomic E-state index is 12.8. The van der Waals surface area contributed by atoms with Gasteiger partial charge in [0.1, 0.15) is 0 Å². The minimum absolute atomic E-state index is 0.0000741. The Kier molecular flexibility index (Phi) is 4.02. The summed E-state index contributed by atoms with van der Waals surface area (Å²) in [7, 11) is 1.32. The van der Waals surface area contributed by atoms with Crippen LogP contribution in [0.3, 0.4) is 0 Å². The molecular weight excluding hydrogens is 296 g/mol. The molecule has 3 rings (SSSR count). The second kappa shape index (κ2) is 6.12. The predicted octanol–water partition coefficient (Wildman–Crippen LogP) is 2.67. The highest BCUT2D eigenvalue weighted by Crippen LogP contribution is 2.36. The highest BCUT2D eigenvalue weighted by atomic mass is 16.7. The van der Waals surface area contributed by atoms with Crippen LogP contribution >= 0.6 is 0 Å². The van der Waals surface area contributed by atoms with Gasteiger partial charge in [0.25, 0.3) is 0 Å². The van der Waals surface area contributed by atoms with Crippen LogP contribution in [0.1, 0.15) is 27.0 Å². The molecule has 0 N–H and O–H groups in total. The molecule has 0 aliphatic carbocycles. The standard InChI is InChI=1S/C18H16O5/c1-11-3-5-12(6-4-11)18(20)14-9-16-15(22-10-23-16)7-13(14)8-17(19)21-2/h3-7,9H,8,10H2,1-2H3. The Morgan fingerprint density at radius 2 is 1.74 bits per heavy atom. The maximum absolute atomic E-state index is 12.8. The average molecular weight is 312 g/mol. The van der Waals surface area contributed by atoms with Crippen LogP contribution in [-0.4, -0.2) is 25.7 Å². The minimum Gasteiger partial charge on any atom is -0.469 e. The second-order valence-corrected chi connectivity index (χ2v) is 5.31. The summed E-state index contributed by atoms with van der Waals surface area (Å²) in [5.41, 5.74) is 2.61. The molecule has 1 aliphatic rings. The number of hydrogen-bond acceptors (Lipinski definition) is 5. The number of fused-ring (bicyclic) bond motifs is 1. The number of hydrogen-bond donors (Lipinski definition) is 0. The third-order valence-corrected chi connectivity index (χ3v) is 3.72. The monoisotopic (exact) mass is 312 g/mol. The van der Waals surface area contributed by atoms with Gasteiger partial charge >= 0.3 is 5.97 Å². The molecule has 2 aromatic carbocycles. The summed E-state index contributed by atoms with van der Waals surface area (Å²) in [5, 5.41) is 0. The molecule has 0 radical (unpaired) electrons. The fourth-order valence-electron chi connectivity index (χ4n) is 2.43. The van der Waals surface area contributed by atoms with E-state index < -0.39 is 5.97 Å². The van der Waals surface area contributed by atoms with Gasteiger partial charge in [0, 0.05) is 11.1 Å². The lowest BCUT2D eigenvalue weighted by atomic mass is 9.95. The normalized spacial score (nSPS) is 12.1. The summed E-state index contributed by atoms with van der Waals surface area (Å²) >= 11 is 0. The number of benzene rings is 2. The van der Waals surface area contributed by atoms with Crippen molar-refractivity contribution >= 4 is 11.8 Å². The van der Waals surface area contributed by atoms with Crippen molar-refractivity contribution in [1.82, 2.24) is 0 Å². The molecule has 118 valence electrons. The number of ether oxygens (including phenoxy) is 3. The molecule has 0 fully saturated rings. The number of carbonyl (C=O) groups is 2. The van der Waals surface area contributed by atoms with Gasteiger partial charge in [0.2, 0.25) is 6.79 Å². The van der Waals surface area contributed by atoms with Crippen molar-refractivity contribution in [2.75, 3.05) is 13.9 Å². The van der Waals surface area contributed by atoms with Crippen LogP contribution in [-0.2, 0) is 16.0 Å². The van der Waals surface area contributed by atoms with Crippen LogP contribution in [0.2, 0.25) is 0 Å². The van der Waals surface area contributed by atoms with Gasteiger partial charge < -0.3 is 14.2 Å². The zero-order valence-corrected chi connectivity index (χ0v) is 12.9. The van der Waals surface area contributed by atoms with Crippen molar-refractivity contribution in [3.05, 3.63) is 58.7 Å². The van der Waals surface area contributed by atoms with Gasteiger partial charge in [-0.1, -0.05) is 29.8 Å². The SMILES string of the molecule is COC(=O)Cc1cc2c(cc1C(=O)c1ccc(C)cc1)OCO2. The van der Waals surface area contributed by atoms with Gasteiger partial charge in [-0.25, -0.2) is 0 Å². The molecule has 0 bridgehead atoms. The molecule has 0 saturated carbocycles. The third kappa shape index (κ3) is 3.04. The highest BCUT2D eigenvalue weighted by Gasteiger charge is 2.23. The second-order valence-electron chi connectivity index (χ2n) is 5.31.